The normalized spacial score (nSPS) is 13.5. The zero-order chi connectivity index (χ0) is 8.27. The molecule has 1 aromatic rings. The third-order valence-corrected chi connectivity index (χ3v) is 2.15. The maximum atomic E-state index is 4.30. The van der Waals surface area contributed by atoms with Gasteiger partial charge >= 0.3 is 0 Å². The monoisotopic (exact) mass is 149 g/mol. The highest BCUT2D eigenvalue weighted by Crippen LogP contribution is 2.20. The first-order valence-electron chi connectivity index (χ1n) is 4.12. The lowest BCUT2D eigenvalue weighted by atomic mass is 9.94. The van der Waals surface area contributed by atoms with Crippen LogP contribution in [0.2, 0.25) is 0 Å². The molecule has 0 N–H and O–H groups in total. The smallest absolute Gasteiger partial charge is 0.0434 e. The van der Waals surface area contributed by atoms with E-state index in [9.17, 15) is 0 Å². The number of aromatic nitrogens is 1. The van der Waals surface area contributed by atoms with E-state index in [1.165, 1.54) is 5.69 Å². The molecule has 0 spiro atoms. The van der Waals surface area contributed by atoms with Crippen LogP contribution in [0.3, 0.4) is 0 Å². The second-order valence-corrected chi connectivity index (χ2v) is 3.29. The molecule has 0 fully saturated rings. The average molecular weight is 149 g/mol. The second-order valence-electron chi connectivity index (χ2n) is 3.29. The molecule has 0 aromatic carbocycles. The standard InChI is InChI=1S/C10H15N/c1-8(2)9(3)10-6-4-5-7-11-10/h4-9H,1-3H3. The Kier molecular flexibility index (Phi) is 2.64. The molecule has 0 saturated heterocycles. The van der Waals surface area contributed by atoms with Gasteiger partial charge in [-0.15, -0.1) is 0 Å². The first-order chi connectivity index (χ1) is 5.22. The van der Waals surface area contributed by atoms with Gasteiger partial charge in [-0.3, -0.25) is 4.98 Å². The van der Waals surface area contributed by atoms with Gasteiger partial charge in [0, 0.05) is 17.8 Å². The summed E-state index contributed by atoms with van der Waals surface area (Å²) < 4.78 is 0. The Hall–Kier alpha value is -0.850. The van der Waals surface area contributed by atoms with Gasteiger partial charge in [-0.25, -0.2) is 0 Å². The third-order valence-electron chi connectivity index (χ3n) is 2.15. The molecule has 0 aliphatic heterocycles. The van der Waals surface area contributed by atoms with Gasteiger partial charge < -0.3 is 0 Å². The van der Waals surface area contributed by atoms with Gasteiger partial charge in [0.2, 0.25) is 0 Å². The fraction of sp³-hybridized carbons (Fsp3) is 0.500. The molecule has 1 nitrogen and oxygen atoms in total. The molecule has 11 heavy (non-hydrogen) atoms. The third kappa shape index (κ3) is 2.04. The molecule has 0 radical (unpaired) electrons. The number of rotatable bonds is 2. The van der Waals surface area contributed by atoms with Crippen LogP contribution in [0.15, 0.2) is 24.4 Å². The van der Waals surface area contributed by atoms with Crippen LogP contribution in [0.1, 0.15) is 32.4 Å². The van der Waals surface area contributed by atoms with E-state index < -0.39 is 0 Å². The predicted octanol–water partition coefficient (Wildman–Crippen LogP) is 2.84. The average Bonchev–Trinajstić information content (AvgIpc) is 2.05. The zero-order valence-corrected chi connectivity index (χ0v) is 7.41. The summed E-state index contributed by atoms with van der Waals surface area (Å²) in [6.45, 7) is 6.66. The number of pyridine rings is 1. The van der Waals surface area contributed by atoms with Crippen molar-refractivity contribution in [2.75, 3.05) is 0 Å². The first kappa shape index (κ1) is 8.25. The molecule has 1 aromatic heterocycles. The van der Waals surface area contributed by atoms with E-state index in [0.29, 0.717) is 11.8 Å². The fourth-order valence-electron chi connectivity index (χ4n) is 0.987. The minimum atomic E-state index is 0.566. The molecule has 1 heteroatoms. The topological polar surface area (TPSA) is 12.9 Å². The van der Waals surface area contributed by atoms with E-state index in [-0.39, 0.29) is 0 Å². The highest BCUT2D eigenvalue weighted by atomic mass is 14.7. The summed E-state index contributed by atoms with van der Waals surface area (Å²) in [6.07, 6.45) is 1.86. The van der Waals surface area contributed by atoms with Gasteiger partial charge in [-0.2, -0.15) is 0 Å². The Bertz CT molecular complexity index is 203. The Balaban J connectivity index is 2.77. The van der Waals surface area contributed by atoms with E-state index in [4.69, 9.17) is 0 Å². The molecule has 0 aliphatic carbocycles. The summed E-state index contributed by atoms with van der Waals surface area (Å²) in [6, 6.07) is 6.09. The maximum absolute atomic E-state index is 4.30. The van der Waals surface area contributed by atoms with E-state index in [1.807, 2.05) is 18.3 Å². The lowest BCUT2D eigenvalue weighted by Gasteiger charge is -2.13. The Morgan fingerprint density at radius 1 is 1.18 bits per heavy atom. The highest BCUT2D eigenvalue weighted by molar-refractivity contribution is 5.08. The van der Waals surface area contributed by atoms with E-state index in [2.05, 4.69) is 31.8 Å². The van der Waals surface area contributed by atoms with Crippen LogP contribution >= 0.6 is 0 Å². The lowest BCUT2D eigenvalue weighted by molar-refractivity contribution is 0.523. The van der Waals surface area contributed by atoms with Crippen molar-refractivity contribution in [3.63, 3.8) is 0 Å². The quantitative estimate of drug-likeness (QED) is 0.630. The molecular formula is C10H15N. The van der Waals surface area contributed by atoms with Crippen LogP contribution in [-0.4, -0.2) is 4.98 Å². The van der Waals surface area contributed by atoms with Crippen molar-refractivity contribution in [3.05, 3.63) is 30.1 Å². The summed E-state index contributed by atoms with van der Waals surface area (Å²) in [5, 5.41) is 0. The van der Waals surface area contributed by atoms with Crippen LogP contribution in [0.25, 0.3) is 0 Å². The van der Waals surface area contributed by atoms with E-state index in [0.717, 1.165) is 0 Å². The van der Waals surface area contributed by atoms with Crippen molar-refractivity contribution in [2.45, 2.75) is 26.7 Å². The van der Waals surface area contributed by atoms with E-state index >= 15 is 0 Å². The van der Waals surface area contributed by atoms with E-state index in [1.54, 1.807) is 0 Å². The van der Waals surface area contributed by atoms with Gasteiger partial charge in [0.15, 0.2) is 0 Å². The van der Waals surface area contributed by atoms with Crippen LogP contribution in [0.4, 0.5) is 0 Å². The molecule has 0 bridgehead atoms. The molecule has 60 valence electrons. The summed E-state index contributed by atoms with van der Waals surface area (Å²) in [5.74, 6) is 1.24. The van der Waals surface area contributed by atoms with Crippen molar-refractivity contribution in [1.29, 1.82) is 0 Å². The Labute approximate surface area is 68.5 Å². The van der Waals surface area contributed by atoms with Crippen LogP contribution < -0.4 is 0 Å². The van der Waals surface area contributed by atoms with Crippen molar-refractivity contribution < 1.29 is 0 Å². The summed E-state index contributed by atoms with van der Waals surface area (Å²) in [4.78, 5) is 4.30. The molecule has 1 unspecified atom stereocenters. The van der Waals surface area contributed by atoms with Crippen molar-refractivity contribution in [2.24, 2.45) is 5.92 Å². The van der Waals surface area contributed by atoms with Crippen molar-refractivity contribution in [3.8, 4) is 0 Å². The van der Waals surface area contributed by atoms with Crippen LogP contribution in [0.5, 0.6) is 0 Å². The molecule has 1 rings (SSSR count). The molecule has 1 heterocycles. The van der Waals surface area contributed by atoms with Crippen molar-refractivity contribution in [1.82, 2.24) is 4.98 Å². The minimum absolute atomic E-state index is 0.566. The molecular weight excluding hydrogens is 134 g/mol. The SMILES string of the molecule is CC(C)C(C)c1ccccn1. The minimum Gasteiger partial charge on any atom is -0.261 e. The van der Waals surface area contributed by atoms with Gasteiger partial charge in [0.1, 0.15) is 0 Å². The first-order valence-corrected chi connectivity index (χ1v) is 4.12. The van der Waals surface area contributed by atoms with Gasteiger partial charge in [-0.05, 0) is 18.1 Å². The Morgan fingerprint density at radius 2 is 1.91 bits per heavy atom. The Morgan fingerprint density at radius 3 is 2.36 bits per heavy atom. The maximum Gasteiger partial charge on any atom is 0.0434 e. The van der Waals surface area contributed by atoms with Crippen LogP contribution in [0, 0.1) is 5.92 Å². The van der Waals surface area contributed by atoms with Crippen molar-refractivity contribution >= 4 is 0 Å². The predicted molar refractivity (Wildman–Crippen MR) is 47.5 cm³/mol. The number of hydrogen-bond donors (Lipinski definition) is 0. The lowest BCUT2D eigenvalue weighted by Crippen LogP contribution is -2.03. The summed E-state index contributed by atoms with van der Waals surface area (Å²) >= 11 is 0. The molecule has 0 amide bonds. The fourth-order valence-corrected chi connectivity index (χ4v) is 0.987. The number of hydrogen-bond acceptors (Lipinski definition) is 1. The second kappa shape index (κ2) is 3.51. The van der Waals surface area contributed by atoms with Gasteiger partial charge in [0.05, 0.1) is 0 Å². The number of nitrogens with zero attached hydrogens (tertiary/aromatic N) is 1. The summed E-state index contributed by atoms with van der Waals surface area (Å²) in [7, 11) is 0. The largest absolute Gasteiger partial charge is 0.261 e. The van der Waals surface area contributed by atoms with Crippen LogP contribution in [-0.2, 0) is 0 Å². The van der Waals surface area contributed by atoms with Gasteiger partial charge in [0.25, 0.3) is 0 Å². The molecule has 1 atom stereocenters. The van der Waals surface area contributed by atoms with Gasteiger partial charge in [-0.1, -0.05) is 26.8 Å². The molecule has 0 saturated carbocycles. The summed E-state index contributed by atoms with van der Waals surface area (Å²) in [5.41, 5.74) is 1.20. The highest BCUT2D eigenvalue weighted by Gasteiger charge is 2.09. The molecule has 0 aliphatic rings. The zero-order valence-electron chi connectivity index (χ0n) is 7.41.